The average Bonchev–Trinajstić information content (AvgIpc) is 3.01. The van der Waals surface area contributed by atoms with Crippen molar-refractivity contribution in [2.75, 3.05) is 0 Å². The average molecular weight is 330 g/mol. The number of ketones is 2. The van der Waals surface area contributed by atoms with Gasteiger partial charge in [-0.25, -0.2) is 0 Å². The summed E-state index contributed by atoms with van der Waals surface area (Å²) in [5, 5.41) is 2.14. The van der Waals surface area contributed by atoms with Gasteiger partial charge in [0.25, 0.3) is 0 Å². The van der Waals surface area contributed by atoms with Gasteiger partial charge >= 0.3 is 0 Å². The molecule has 0 N–H and O–H groups in total. The summed E-state index contributed by atoms with van der Waals surface area (Å²) in [5.74, 6) is 0.434. The Morgan fingerprint density at radius 2 is 1.64 bits per heavy atom. The number of hydrogen-bond donors (Lipinski definition) is 0. The van der Waals surface area contributed by atoms with E-state index in [2.05, 4.69) is 0 Å². The molecule has 3 aromatic rings. The zero-order valence-corrected chi connectivity index (χ0v) is 13.9. The van der Waals surface area contributed by atoms with Crippen molar-refractivity contribution in [1.29, 1.82) is 0 Å². The van der Waals surface area contributed by atoms with Gasteiger partial charge in [0.05, 0.1) is 0 Å². The van der Waals surface area contributed by atoms with Gasteiger partial charge in [0.15, 0.2) is 17.7 Å². The van der Waals surface area contributed by atoms with Gasteiger partial charge in [-0.2, -0.15) is 0 Å². The molecule has 0 aliphatic carbocycles. The van der Waals surface area contributed by atoms with E-state index in [4.69, 9.17) is 4.74 Å². The molecule has 124 valence electrons. The Morgan fingerprint density at radius 1 is 0.920 bits per heavy atom. The molecule has 0 radical (unpaired) electrons. The highest BCUT2D eigenvalue weighted by Crippen LogP contribution is 2.45. The lowest BCUT2D eigenvalue weighted by Gasteiger charge is -2.16. The van der Waals surface area contributed by atoms with E-state index in [1.807, 2.05) is 66.7 Å². The molecule has 2 atom stereocenters. The number of benzene rings is 3. The normalized spacial score (nSPS) is 18.6. The number of fused-ring (bicyclic) bond motifs is 3. The fraction of sp³-hybridized carbons (Fsp3) is 0.182. The van der Waals surface area contributed by atoms with Crippen LogP contribution >= 0.6 is 0 Å². The van der Waals surface area contributed by atoms with Gasteiger partial charge in [-0.05, 0) is 23.8 Å². The smallest absolute Gasteiger partial charge is 0.170 e. The van der Waals surface area contributed by atoms with Crippen molar-refractivity contribution in [3.63, 3.8) is 0 Å². The lowest BCUT2D eigenvalue weighted by Crippen LogP contribution is -2.28. The van der Waals surface area contributed by atoms with Crippen LogP contribution in [0, 0.1) is 0 Å². The molecule has 0 spiro atoms. The highest BCUT2D eigenvalue weighted by atomic mass is 16.5. The summed E-state index contributed by atoms with van der Waals surface area (Å²) in [4.78, 5) is 24.9. The summed E-state index contributed by atoms with van der Waals surface area (Å²) >= 11 is 0. The zero-order chi connectivity index (χ0) is 17.4. The number of Topliss-reactive ketones (excluding diaryl/α,β-unsaturated/α-hetero) is 2. The zero-order valence-electron chi connectivity index (χ0n) is 13.9. The summed E-state index contributed by atoms with van der Waals surface area (Å²) in [6.45, 7) is 1.53. The molecule has 0 fully saturated rings. The van der Waals surface area contributed by atoms with Crippen molar-refractivity contribution >= 4 is 22.3 Å². The van der Waals surface area contributed by atoms with Crippen LogP contribution in [0.25, 0.3) is 10.8 Å². The van der Waals surface area contributed by atoms with Crippen LogP contribution in [-0.2, 0) is 4.79 Å². The van der Waals surface area contributed by atoms with Crippen LogP contribution < -0.4 is 4.74 Å². The SMILES string of the molecule is CC(=O)[C@H]1Oc2ccc3ccccc3c2[C@H]1CC(=O)c1ccccc1. The Bertz CT molecular complexity index is 959. The minimum atomic E-state index is -0.603. The van der Waals surface area contributed by atoms with E-state index in [1.165, 1.54) is 6.92 Å². The second-order valence-electron chi connectivity index (χ2n) is 6.45. The van der Waals surface area contributed by atoms with Crippen molar-refractivity contribution in [3.05, 3.63) is 77.9 Å². The van der Waals surface area contributed by atoms with Crippen molar-refractivity contribution in [2.24, 2.45) is 0 Å². The molecular weight excluding hydrogens is 312 g/mol. The predicted molar refractivity (Wildman–Crippen MR) is 97.2 cm³/mol. The van der Waals surface area contributed by atoms with E-state index in [0.717, 1.165) is 16.3 Å². The van der Waals surface area contributed by atoms with Gasteiger partial charge in [-0.3, -0.25) is 9.59 Å². The van der Waals surface area contributed by atoms with Gasteiger partial charge < -0.3 is 4.74 Å². The summed E-state index contributed by atoms with van der Waals surface area (Å²) < 4.78 is 5.92. The molecule has 3 heteroatoms. The van der Waals surface area contributed by atoms with Gasteiger partial charge in [0, 0.05) is 23.5 Å². The van der Waals surface area contributed by atoms with Crippen LogP contribution in [0.4, 0.5) is 0 Å². The topological polar surface area (TPSA) is 43.4 Å². The molecule has 3 aromatic carbocycles. The van der Waals surface area contributed by atoms with E-state index in [-0.39, 0.29) is 23.9 Å². The molecule has 0 unspecified atom stereocenters. The van der Waals surface area contributed by atoms with Crippen molar-refractivity contribution in [1.82, 2.24) is 0 Å². The Hall–Kier alpha value is -2.94. The van der Waals surface area contributed by atoms with E-state index < -0.39 is 6.10 Å². The number of carbonyl (C=O) groups is 2. The largest absolute Gasteiger partial charge is 0.482 e. The summed E-state index contributed by atoms with van der Waals surface area (Å²) in [5.41, 5.74) is 1.64. The van der Waals surface area contributed by atoms with Crippen LogP contribution in [-0.4, -0.2) is 17.7 Å². The van der Waals surface area contributed by atoms with Gasteiger partial charge in [0.2, 0.25) is 0 Å². The van der Waals surface area contributed by atoms with Crippen molar-refractivity contribution in [3.8, 4) is 5.75 Å². The maximum absolute atomic E-state index is 12.7. The molecule has 1 aliphatic heterocycles. The predicted octanol–water partition coefficient (Wildman–Crippen LogP) is 4.55. The van der Waals surface area contributed by atoms with Crippen molar-refractivity contribution in [2.45, 2.75) is 25.4 Å². The van der Waals surface area contributed by atoms with Crippen LogP contribution in [0.5, 0.6) is 5.75 Å². The molecule has 0 amide bonds. The lowest BCUT2D eigenvalue weighted by molar-refractivity contribution is -0.123. The quantitative estimate of drug-likeness (QED) is 0.659. The molecular formula is C22H18O3. The molecule has 0 saturated heterocycles. The van der Waals surface area contributed by atoms with Gasteiger partial charge in [-0.15, -0.1) is 0 Å². The second kappa shape index (κ2) is 6.17. The van der Waals surface area contributed by atoms with E-state index >= 15 is 0 Å². The minimum Gasteiger partial charge on any atom is -0.482 e. The Balaban J connectivity index is 1.79. The standard InChI is InChI=1S/C22H18O3/c1-14(23)22-18(13-19(24)16-8-3-2-4-9-16)21-17-10-6-5-7-15(17)11-12-20(21)25-22/h2-12,18,22H,13H2,1H3/t18-,22-/m1/s1. The van der Waals surface area contributed by atoms with Crippen LogP contribution in [0.2, 0.25) is 0 Å². The lowest BCUT2D eigenvalue weighted by atomic mass is 9.85. The fourth-order valence-electron chi connectivity index (χ4n) is 3.65. The number of carbonyl (C=O) groups excluding carboxylic acids is 2. The third-order valence-electron chi connectivity index (χ3n) is 4.82. The molecule has 1 heterocycles. The highest BCUT2D eigenvalue weighted by Gasteiger charge is 2.39. The first kappa shape index (κ1) is 15.6. The monoisotopic (exact) mass is 330 g/mol. The number of rotatable bonds is 4. The highest BCUT2D eigenvalue weighted by molar-refractivity contribution is 5.99. The Labute approximate surface area is 146 Å². The summed E-state index contributed by atoms with van der Waals surface area (Å²) in [6.07, 6.45) is -0.344. The molecule has 1 aliphatic rings. The number of hydrogen-bond acceptors (Lipinski definition) is 3. The fourth-order valence-corrected chi connectivity index (χ4v) is 3.65. The molecule has 4 rings (SSSR count). The molecule has 0 bridgehead atoms. The first-order chi connectivity index (χ1) is 12.1. The number of ether oxygens (including phenoxy) is 1. The minimum absolute atomic E-state index is 0.0289. The maximum atomic E-state index is 12.7. The van der Waals surface area contributed by atoms with Crippen LogP contribution in [0.15, 0.2) is 66.7 Å². The maximum Gasteiger partial charge on any atom is 0.170 e. The summed E-state index contributed by atoms with van der Waals surface area (Å²) in [6, 6.07) is 21.1. The third kappa shape index (κ3) is 2.72. The Kier molecular flexibility index (Phi) is 3.85. The first-order valence-electron chi connectivity index (χ1n) is 8.42. The van der Waals surface area contributed by atoms with Crippen LogP contribution in [0.3, 0.4) is 0 Å². The molecule has 3 nitrogen and oxygen atoms in total. The second-order valence-corrected chi connectivity index (χ2v) is 6.45. The van der Waals surface area contributed by atoms with E-state index in [9.17, 15) is 9.59 Å². The third-order valence-corrected chi connectivity index (χ3v) is 4.82. The molecule has 0 saturated carbocycles. The van der Waals surface area contributed by atoms with E-state index in [0.29, 0.717) is 11.3 Å². The van der Waals surface area contributed by atoms with Crippen LogP contribution in [0.1, 0.15) is 35.2 Å². The van der Waals surface area contributed by atoms with Crippen molar-refractivity contribution < 1.29 is 14.3 Å². The first-order valence-corrected chi connectivity index (χ1v) is 8.42. The molecule has 25 heavy (non-hydrogen) atoms. The summed E-state index contributed by atoms with van der Waals surface area (Å²) in [7, 11) is 0. The van der Waals surface area contributed by atoms with Gasteiger partial charge in [0.1, 0.15) is 5.75 Å². The molecule has 0 aromatic heterocycles. The Morgan fingerprint density at radius 3 is 2.40 bits per heavy atom. The van der Waals surface area contributed by atoms with E-state index in [1.54, 1.807) is 0 Å². The van der Waals surface area contributed by atoms with Gasteiger partial charge in [-0.1, -0.05) is 60.7 Å².